The van der Waals surface area contributed by atoms with Crippen LogP contribution in [0.25, 0.3) is 0 Å². The van der Waals surface area contributed by atoms with Gasteiger partial charge in [0, 0.05) is 12.0 Å². The maximum Gasteiger partial charge on any atom is 0.172 e. The number of carbonyl (C=O) groups excluding carboxylic acids is 1. The van der Waals surface area contributed by atoms with Gasteiger partial charge in [0.15, 0.2) is 5.78 Å². The molecule has 0 aliphatic carbocycles. The zero-order valence-electron chi connectivity index (χ0n) is 9.40. The minimum absolute atomic E-state index is 0.168. The fourth-order valence-electron chi connectivity index (χ4n) is 1.24. The molecule has 0 heterocycles. The molecular weight excluding hydrogens is 218 g/mol. The van der Waals surface area contributed by atoms with Crippen LogP contribution in [0.2, 0.25) is 0 Å². The van der Waals surface area contributed by atoms with E-state index in [4.69, 9.17) is 5.26 Å². The predicted molar refractivity (Wildman–Crippen MR) is 67.7 cm³/mol. The van der Waals surface area contributed by atoms with Crippen LogP contribution in [0.15, 0.2) is 24.3 Å². The quantitative estimate of drug-likeness (QED) is 0.559. The molecular formula is C13H15NOS. The van der Waals surface area contributed by atoms with Crippen molar-refractivity contribution >= 4 is 17.5 Å². The van der Waals surface area contributed by atoms with E-state index in [1.54, 1.807) is 11.8 Å². The first kappa shape index (κ1) is 12.8. The third-order valence-electron chi connectivity index (χ3n) is 2.18. The van der Waals surface area contributed by atoms with E-state index >= 15 is 0 Å². The van der Waals surface area contributed by atoms with Crippen LogP contribution >= 0.6 is 11.8 Å². The van der Waals surface area contributed by atoms with E-state index in [-0.39, 0.29) is 5.78 Å². The molecule has 2 nitrogen and oxygen atoms in total. The molecule has 0 aliphatic heterocycles. The van der Waals surface area contributed by atoms with Crippen LogP contribution in [-0.2, 0) is 0 Å². The third-order valence-corrected chi connectivity index (χ3v) is 3.23. The molecule has 0 aliphatic rings. The Bertz CT molecular complexity index is 378. The maximum absolute atomic E-state index is 11.7. The Morgan fingerprint density at radius 1 is 1.38 bits per heavy atom. The van der Waals surface area contributed by atoms with Crippen LogP contribution in [0.5, 0.6) is 0 Å². The van der Waals surface area contributed by atoms with E-state index < -0.39 is 0 Å². The van der Waals surface area contributed by atoms with Crippen LogP contribution in [-0.4, -0.2) is 17.3 Å². The summed E-state index contributed by atoms with van der Waals surface area (Å²) in [6.45, 7) is 2.00. The second kappa shape index (κ2) is 7.08. The van der Waals surface area contributed by atoms with Crippen LogP contribution in [0.1, 0.15) is 28.8 Å². The molecule has 0 fully saturated rings. The standard InChI is InChI=1S/C13H15NOS/c1-11-4-6-12(7-5-11)13(15)10-16-9-3-2-8-14/h4-7H,2-3,9-10H2,1H3. The van der Waals surface area contributed by atoms with E-state index in [2.05, 4.69) is 6.07 Å². The van der Waals surface area contributed by atoms with Gasteiger partial charge in [0.2, 0.25) is 0 Å². The molecule has 1 rings (SSSR count). The second-order valence-electron chi connectivity index (χ2n) is 3.60. The summed E-state index contributed by atoms with van der Waals surface area (Å²) in [5, 5.41) is 8.35. The molecule has 0 saturated heterocycles. The summed E-state index contributed by atoms with van der Waals surface area (Å²) >= 11 is 1.60. The van der Waals surface area contributed by atoms with Crippen molar-refractivity contribution in [2.24, 2.45) is 0 Å². The SMILES string of the molecule is Cc1ccc(C(=O)CSCCCC#N)cc1. The molecule has 0 atom stereocenters. The monoisotopic (exact) mass is 233 g/mol. The summed E-state index contributed by atoms with van der Waals surface area (Å²) in [4.78, 5) is 11.7. The number of aryl methyl sites for hydroxylation is 1. The minimum atomic E-state index is 0.168. The molecule has 84 valence electrons. The number of benzene rings is 1. The summed E-state index contributed by atoms with van der Waals surface area (Å²) in [5.41, 5.74) is 1.94. The molecule has 0 saturated carbocycles. The van der Waals surface area contributed by atoms with Crippen LogP contribution in [0, 0.1) is 18.3 Å². The topological polar surface area (TPSA) is 40.9 Å². The minimum Gasteiger partial charge on any atom is -0.293 e. The van der Waals surface area contributed by atoms with Crippen molar-refractivity contribution in [2.45, 2.75) is 19.8 Å². The van der Waals surface area contributed by atoms with Gasteiger partial charge in [0.25, 0.3) is 0 Å². The third kappa shape index (κ3) is 4.50. The lowest BCUT2D eigenvalue weighted by Crippen LogP contribution is -2.02. The van der Waals surface area contributed by atoms with Crippen molar-refractivity contribution in [1.82, 2.24) is 0 Å². The first-order valence-electron chi connectivity index (χ1n) is 5.28. The molecule has 3 heteroatoms. The Morgan fingerprint density at radius 2 is 2.06 bits per heavy atom. The Labute approximate surface area is 101 Å². The predicted octanol–water partition coefficient (Wildman–Crippen LogP) is 3.21. The number of nitrogens with zero attached hydrogens (tertiary/aromatic N) is 1. The average Bonchev–Trinajstić information content (AvgIpc) is 2.29. The molecule has 1 aromatic rings. The summed E-state index contributed by atoms with van der Waals surface area (Å²) in [6.07, 6.45) is 1.44. The first-order valence-corrected chi connectivity index (χ1v) is 6.44. The van der Waals surface area contributed by atoms with Crippen molar-refractivity contribution < 1.29 is 4.79 Å². The molecule has 1 aromatic carbocycles. The second-order valence-corrected chi connectivity index (χ2v) is 4.71. The zero-order chi connectivity index (χ0) is 11.8. The van der Waals surface area contributed by atoms with E-state index in [0.717, 1.165) is 17.7 Å². The highest BCUT2D eigenvalue weighted by Gasteiger charge is 2.04. The largest absolute Gasteiger partial charge is 0.293 e. The fraction of sp³-hybridized carbons (Fsp3) is 0.385. The summed E-state index contributed by atoms with van der Waals surface area (Å²) < 4.78 is 0. The number of hydrogen-bond acceptors (Lipinski definition) is 3. The lowest BCUT2D eigenvalue weighted by atomic mass is 10.1. The first-order chi connectivity index (χ1) is 7.74. The average molecular weight is 233 g/mol. The van der Waals surface area contributed by atoms with Crippen LogP contribution in [0.4, 0.5) is 0 Å². The highest BCUT2D eigenvalue weighted by atomic mass is 32.2. The number of thioether (sulfide) groups is 1. The molecule has 0 radical (unpaired) electrons. The normalized spacial score (nSPS) is 9.75. The highest BCUT2D eigenvalue weighted by Crippen LogP contribution is 2.10. The Morgan fingerprint density at radius 3 is 2.69 bits per heavy atom. The smallest absolute Gasteiger partial charge is 0.172 e. The van der Waals surface area contributed by atoms with Gasteiger partial charge in [0.1, 0.15) is 0 Å². The molecule has 0 amide bonds. The van der Waals surface area contributed by atoms with Crippen molar-refractivity contribution in [2.75, 3.05) is 11.5 Å². The lowest BCUT2D eigenvalue weighted by molar-refractivity contribution is 0.102. The van der Waals surface area contributed by atoms with Gasteiger partial charge in [-0.25, -0.2) is 0 Å². The van der Waals surface area contributed by atoms with Gasteiger partial charge in [-0.15, -0.1) is 0 Å². The van der Waals surface area contributed by atoms with Crippen LogP contribution in [0.3, 0.4) is 0 Å². The van der Waals surface area contributed by atoms with E-state index in [9.17, 15) is 4.79 Å². The molecule has 16 heavy (non-hydrogen) atoms. The van der Waals surface area contributed by atoms with Gasteiger partial charge < -0.3 is 0 Å². The Kier molecular flexibility index (Phi) is 5.66. The number of ketones is 1. The van der Waals surface area contributed by atoms with Crippen molar-refractivity contribution in [3.8, 4) is 6.07 Å². The molecule has 0 unspecified atom stereocenters. The van der Waals surface area contributed by atoms with Crippen LogP contribution < -0.4 is 0 Å². The number of rotatable bonds is 6. The molecule has 0 spiro atoms. The number of nitriles is 1. The molecule has 0 aromatic heterocycles. The number of carbonyl (C=O) groups is 1. The number of unbranched alkanes of at least 4 members (excludes halogenated alkanes) is 1. The van der Waals surface area contributed by atoms with Gasteiger partial charge >= 0.3 is 0 Å². The molecule has 0 bridgehead atoms. The van der Waals surface area contributed by atoms with Crippen molar-refractivity contribution in [1.29, 1.82) is 5.26 Å². The van der Waals surface area contributed by atoms with E-state index in [1.807, 2.05) is 31.2 Å². The fourth-order valence-corrected chi connectivity index (χ4v) is 2.09. The maximum atomic E-state index is 11.7. The lowest BCUT2D eigenvalue weighted by Gasteiger charge is -2.01. The number of hydrogen-bond donors (Lipinski definition) is 0. The van der Waals surface area contributed by atoms with Gasteiger partial charge in [-0.1, -0.05) is 29.8 Å². The Hall–Kier alpha value is -1.27. The molecule has 0 N–H and O–H groups in total. The zero-order valence-corrected chi connectivity index (χ0v) is 10.2. The summed E-state index contributed by atoms with van der Waals surface area (Å²) in [5.74, 6) is 1.56. The van der Waals surface area contributed by atoms with E-state index in [0.29, 0.717) is 12.2 Å². The highest BCUT2D eigenvalue weighted by molar-refractivity contribution is 7.99. The Balaban J connectivity index is 2.30. The van der Waals surface area contributed by atoms with Gasteiger partial charge in [-0.3, -0.25) is 4.79 Å². The summed E-state index contributed by atoms with van der Waals surface area (Å²) in [7, 11) is 0. The van der Waals surface area contributed by atoms with Gasteiger partial charge in [0.05, 0.1) is 11.8 Å². The number of Topliss-reactive ketones (excluding diaryl/α,β-unsaturated/α-hetero) is 1. The van der Waals surface area contributed by atoms with E-state index in [1.165, 1.54) is 5.56 Å². The summed E-state index contributed by atoms with van der Waals surface area (Å²) in [6, 6.07) is 9.74. The van der Waals surface area contributed by atoms with Crippen molar-refractivity contribution in [3.63, 3.8) is 0 Å². The van der Waals surface area contributed by atoms with Crippen molar-refractivity contribution in [3.05, 3.63) is 35.4 Å². The van der Waals surface area contributed by atoms with Gasteiger partial charge in [-0.2, -0.15) is 17.0 Å². The van der Waals surface area contributed by atoms with Gasteiger partial charge in [-0.05, 0) is 19.1 Å².